The van der Waals surface area contributed by atoms with Crippen molar-refractivity contribution in [3.8, 4) is 5.69 Å². The third-order valence-corrected chi connectivity index (χ3v) is 3.10. The molecule has 0 spiro atoms. The second-order valence-electron chi connectivity index (χ2n) is 4.88. The molecule has 2 aromatic rings. The molecule has 1 amide bonds. The van der Waals surface area contributed by atoms with Crippen molar-refractivity contribution in [2.45, 2.75) is 13.3 Å². The number of nitrogens with zero attached hydrogens (tertiary/aromatic N) is 4. The number of carbonyl (C=O) groups is 1. The largest absolute Gasteiger partial charge is 0.385 e. The van der Waals surface area contributed by atoms with Crippen LogP contribution in [0.2, 0.25) is 0 Å². The Morgan fingerprint density at radius 1 is 1.48 bits per heavy atom. The molecule has 112 valence electrons. The predicted molar refractivity (Wildman–Crippen MR) is 77.1 cm³/mol. The lowest BCUT2D eigenvalue weighted by atomic mass is 10.1. The summed E-state index contributed by atoms with van der Waals surface area (Å²) in [5, 5.41) is 10.5. The summed E-state index contributed by atoms with van der Waals surface area (Å²) in [6.45, 7) is 3.37. The number of pyridine rings is 1. The highest BCUT2D eigenvalue weighted by Gasteiger charge is 2.10. The molecule has 0 radical (unpaired) electrons. The zero-order chi connectivity index (χ0) is 15.1. The van der Waals surface area contributed by atoms with Crippen molar-refractivity contribution in [2.75, 3.05) is 20.3 Å². The van der Waals surface area contributed by atoms with Gasteiger partial charge < -0.3 is 10.1 Å². The second kappa shape index (κ2) is 7.49. The monoisotopic (exact) mass is 289 g/mol. The van der Waals surface area contributed by atoms with Crippen LogP contribution < -0.4 is 5.32 Å². The molecule has 0 bridgehead atoms. The van der Waals surface area contributed by atoms with Crippen LogP contribution in [-0.2, 0) is 4.74 Å². The lowest BCUT2D eigenvalue weighted by Crippen LogP contribution is -2.29. The zero-order valence-corrected chi connectivity index (χ0v) is 12.2. The van der Waals surface area contributed by atoms with Crippen LogP contribution in [-0.4, -0.2) is 46.1 Å². The van der Waals surface area contributed by atoms with Crippen LogP contribution in [0.15, 0.2) is 30.9 Å². The Balaban J connectivity index is 1.95. The maximum absolute atomic E-state index is 12.1. The molecule has 2 rings (SSSR count). The Hall–Kier alpha value is -2.28. The third-order valence-electron chi connectivity index (χ3n) is 3.10. The number of hydrogen-bond acceptors (Lipinski definition) is 5. The van der Waals surface area contributed by atoms with E-state index in [2.05, 4.69) is 27.5 Å². The molecule has 1 unspecified atom stereocenters. The van der Waals surface area contributed by atoms with Crippen molar-refractivity contribution >= 4 is 5.91 Å². The van der Waals surface area contributed by atoms with Crippen LogP contribution in [0.4, 0.5) is 0 Å². The first-order chi connectivity index (χ1) is 10.2. The molecule has 7 nitrogen and oxygen atoms in total. The summed E-state index contributed by atoms with van der Waals surface area (Å²) in [6, 6.07) is 1.73. The van der Waals surface area contributed by atoms with Crippen LogP contribution in [0, 0.1) is 5.92 Å². The molecule has 0 saturated heterocycles. The topological polar surface area (TPSA) is 81.9 Å². The highest BCUT2D eigenvalue weighted by atomic mass is 16.5. The molecule has 1 atom stereocenters. The van der Waals surface area contributed by atoms with Gasteiger partial charge in [0.05, 0.1) is 29.8 Å². The van der Waals surface area contributed by atoms with Gasteiger partial charge in [-0.25, -0.2) is 4.68 Å². The number of aromatic nitrogens is 4. The fourth-order valence-corrected chi connectivity index (χ4v) is 1.81. The van der Waals surface area contributed by atoms with Gasteiger partial charge in [0, 0.05) is 26.5 Å². The van der Waals surface area contributed by atoms with Gasteiger partial charge in [0.25, 0.3) is 5.91 Å². The van der Waals surface area contributed by atoms with Crippen molar-refractivity contribution in [3.05, 3.63) is 36.4 Å². The van der Waals surface area contributed by atoms with Gasteiger partial charge in [-0.1, -0.05) is 12.1 Å². The number of hydrogen-bond donors (Lipinski definition) is 1. The maximum Gasteiger partial charge on any atom is 0.252 e. The van der Waals surface area contributed by atoms with Gasteiger partial charge in [0.15, 0.2) is 0 Å². The third kappa shape index (κ3) is 4.35. The van der Waals surface area contributed by atoms with Gasteiger partial charge in [0.2, 0.25) is 0 Å². The summed E-state index contributed by atoms with van der Waals surface area (Å²) < 4.78 is 6.58. The van der Waals surface area contributed by atoms with Gasteiger partial charge in [-0.3, -0.25) is 9.78 Å². The minimum Gasteiger partial charge on any atom is -0.385 e. The standard InChI is InChI=1S/C14H19N5O2/c1-11(3-6-21-2)8-16-14(20)12-7-13(10-15-9-12)19-5-4-17-18-19/h4-5,7,9-11H,3,6,8H2,1-2H3,(H,16,20). The molecule has 0 aromatic carbocycles. The number of ether oxygens (including phenoxy) is 1. The van der Waals surface area contributed by atoms with E-state index in [1.807, 2.05) is 0 Å². The summed E-state index contributed by atoms with van der Waals surface area (Å²) in [6.07, 6.45) is 7.35. The van der Waals surface area contributed by atoms with E-state index in [4.69, 9.17) is 4.74 Å². The molecule has 0 saturated carbocycles. The first-order valence-electron chi connectivity index (χ1n) is 6.79. The highest BCUT2D eigenvalue weighted by molar-refractivity contribution is 5.94. The molecular formula is C14H19N5O2. The highest BCUT2D eigenvalue weighted by Crippen LogP contribution is 2.07. The van der Waals surface area contributed by atoms with E-state index in [1.165, 1.54) is 6.20 Å². The molecule has 2 heterocycles. The summed E-state index contributed by atoms with van der Waals surface area (Å²) in [4.78, 5) is 16.2. The number of nitrogens with one attached hydrogen (secondary N) is 1. The lowest BCUT2D eigenvalue weighted by Gasteiger charge is -2.12. The number of methoxy groups -OCH3 is 1. The van der Waals surface area contributed by atoms with E-state index in [0.29, 0.717) is 30.3 Å². The normalized spacial score (nSPS) is 12.1. The Morgan fingerprint density at radius 2 is 2.33 bits per heavy atom. The minimum absolute atomic E-state index is 0.145. The minimum atomic E-state index is -0.145. The average Bonchev–Trinajstić information content (AvgIpc) is 3.05. The second-order valence-corrected chi connectivity index (χ2v) is 4.88. The molecule has 0 aliphatic heterocycles. The van der Waals surface area contributed by atoms with E-state index < -0.39 is 0 Å². The Bertz CT molecular complexity index is 571. The van der Waals surface area contributed by atoms with E-state index in [-0.39, 0.29) is 5.91 Å². The first kappa shape index (κ1) is 15.1. The lowest BCUT2D eigenvalue weighted by molar-refractivity contribution is 0.0943. The molecule has 0 aliphatic rings. The smallest absolute Gasteiger partial charge is 0.252 e. The molecule has 7 heteroatoms. The molecule has 2 aromatic heterocycles. The van der Waals surface area contributed by atoms with Gasteiger partial charge in [-0.2, -0.15) is 0 Å². The fourth-order valence-electron chi connectivity index (χ4n) is 1.81. The van der Waals surface area contributed by atoms with Crippen molar-refractivity contribution < 1.29 is 9.53 Å². The summed E-state index contributed by atoms with van der Waals surface area (Å²) in [5.41, 5.74) is 1.20. The van der Waals surface area contributed by atoms with Crippen LogP contribution in [0.3, 0.4) is 0 Å². The van der Waals surface area contributed by atoms with E-state index >= 15 is 0 Å². The molecule has 1 N–H and O–H groups in total. The van der Waals surface area contributed by atoms with Gasteiger partial charge in [-0.15, -0.1) is 5.10 Å². The van der Waals surface area contributed by atoms with Gasteiger partial charge in [-0.05, 0) is 18.4 Å². The van der Waals surface area contributed by atoms with Gasteiger partial charge in [0.1, 0.15) is 0 Å². The molecule has 0 aliphatic carbocycles. The fraction of sp³-hybridized carbons (Fsp3) is 0.429. The quantitative estimate of drug-likeness (QED) is 0.824. The van der Waals surface area contributed by atoms with Crippen LogP contribution in [0.25, 0.3) is 5.69 Å². The average molecular weight is 289 g/mol. The Kier molecular flexibility index (Phi) is 5.39. The molecule has 0 fully saturated rings. The molecule has 21 heavy (non-hydrogen) atoms. The first-order valence-corrected chi connectivity index (χ1v) is 6.79. The van der Waals surface area contributed by atoms with E-state index in [0.717, 1.165) is 6.42 Å². The number of amides is 1. The maximum atomic E-state index is 12.1. The predicted octanol–water partition coefficient (Wildman–Crippen LogP) is 1.06. The van der Waals surface area contributed by atoms with E-state index in [9.17, 15) is 4.79 Å². The SMILES string of the molecule is COCCC(C)CNC(=O)c1cncc(-n2ccnn2)c1. The van der Waals surface area contributed by atoms with Crippen molar-refractivity contribution in [1.82, 2.24) is 25.3 Å². The van der Waals surface area contributed by atoms with E-state index in [1.54, 1.807) is 36.4 Å². The van der Waals surface area contributed by atoms with Crippen LogP contribution in [0.1, 0.15) is 23.7 Å². The Morgan fingerprint density at radius 3 is 3.05 bits per heavy atom. The van der Waals surface area contributed by atoms with Crippen LogP contribution >= 0.6 is 0 Å². The number of carbonyl (C=O) groups excluding carboxylic acids is 1. The zero-order valence-electron chi connectivity index (χ0n) is 12.2. The summed E-state index contributed by atoms with van der Waals surface area (Å²) in [5.74, 6) is 0.217. The summed E-state index contributed by atoms with van der Waals surface area (Å²) in [7, 11) is 1.67. The summed E-state index contributed by atoms with van der Waals surface area (Å²) >= 11 is 0. The number of rotatable bonds is 7. The Labute approximate surface area is 123 Å². The van der Waals surface area contributed by atoms with Crippen molar-refractivity contribution in [1.29, 1.82) is 0 Å². The van der Waals surface area contributed by atoms with Gasteiger partial charge >= 0.3 is 0 Å². The van der Waals surface area contributed by atoms with Crippen LogP contribution in [0.5, 0.6) is 0 Å². The van der Waals surface area contributed by atoms with Crippen molar-refractivity contribution in [3.63, 3.8) is 0 Å². The van der Waals surface area contributed by atoms with Crippen molar-refractivity contribution in [2.24, 2.45) is 5.92 Å². The molecular weight excluding hydrogens is 270 g/mol.